The Kier molecular flexibility index (Phi) is 6.41. The summed E-state index contributed by atoms with van der Waals surface area (Å²) in [5, 5.41) is 8.88. The van der Waals surface area contributed by atoms with Crippen molar-refractivity contribution in [3.63, 3.8) is 0 Å². The molecule has 0 fully saturated rings. The van der Waals surface area contributed by atoms with Gasteiger partial charge in [0.1, 0.15) is 0 Å². The van der Waals surface area contributed by atoms with Crippen LogP contribution in [0.1, 0.15) is 28.9 Å². The van der Waals surface area contributed by atoms with E-state index in [0.717, 1.165) is 11.3 Å². The van der Waals surface area contributed by atoms with Crippen molar-refractivity contribution in [3.8, 4) is 0 Å². The molecule has 0 aliphatic rings. The number of carbonyl (C=O) groups excluding carboxylic acids is 2. The van der Waals surface area contributed by atoms with E-state index in [1.54, 1.807) is 18.2 Å². The summed E-state index contributed by atoms with van der Waals surface area (Å²) in [6.07, 6.45) is 0. The van der Waals surface area contributed by atoms with Crippen LogP contribution in [0.25, 0.3) is 0 Å². The predicted molar refractivity (Wildman–Crippen MR) is 112 cm³/mol. The first-order chi connectivity index (χ1) is 13.6. The fraction of sp³-hybridized carbons (Fsp3) is 0.130. The Labute approximate surface area is 164 Å². The summed E-state index contributed by atoms with van der Waals surface area (Å²) in [4.78, 5) is 24.9. The Balaban J connectivity index is 1.60. The number of benzene rings is 3. The molecule has 0 aliphatic carbocycles. The molecule has 28 heavy (non-hydrogen) atoms. The number of para-hydroxylation sites is 2. The molecule has 0 unspecified atom stereocenters. The van der Waals surface area contributed by atoms with E-state index in [9.17, 15) is 9.59 Å². The Hall–Kier alpha value is -3.60. The van der Waals surface area contributed by atoms with Crippen LogP contribution in [0.2, 0.25) is 0 Å². The fourth-order valence-electron chi connectivity index (χ4n) is 2.85. The molecule has 0 saturated heterocycles. The van der Waals surface area contributed by atoms with Gasteiger partial charge in [-0.2, -0.15) is 0 Å². The largest absolute Gasteiger partial charge is 0.376 e. The minimum atomic E-state index is -0.229. The second-order valence-corrected chi connectivity index (χ2v) is 6.42. The van der Waals surface area contributed by atoms with Gasteiger partial charge in [0.25, 0.3) is 5.91 Å². The zero-order valence-corrected chi connectivity index (χ0v) is 15.7. The monoisotopic (exact) mass is 373 g/mol. The Morgan fingerprint density at radius 1 is 0.821 bits per heavy atom. The molecule has 0 spiro atoms. The topological polar surface area (TPSA) is 70.2 Å². The molecule has 5 heteroatoms. The molecule has 0 heterocycles. The van der Waals surface area contributed by atoms with Crippen molar-refractivity contribution in [2.24, 2.45) is 0 Å². The van der Waals surface area contributed by atoms with Gasteiger partial charge in [0.05, 0.1) is 18.2 Å². The minimum Gasteiger partial charge on any atom is -0.376 e. The van der Waals surface area contributed by atoms with E-state index in [-0.39, 0.29) is 24.4 Å². The first kappa shape index (κ1) is 19.2. The molecule has 3 aromatic carbocycles. The lowest BCUT2D eigenvalue weighted by Crippen LogP contribution is -2.32. The zero-order valence-electron chi connectivity index (χ0n) is 15.7. The summed E-state index contributed by atoms with van der Waals surface area (Å²) in [6, 6.07) is 26.1. The second kappa shape index (κ2) is 9.37. The molecule has 3 aromatic rings. The lowest BCUT2D eigenvalue weighted by atomic mass is 10.1. The van der Waals surface area contributed by atoms with Gasteiger partial charge in [0.15, 0.2) is 0 Å². The first-order valence-electron chi connectivity index (χ1n) is 9.17. The summed E-state index contributed by atoms with van der Waals surface area (Å²) in [7, 11) is 0. The van der Waals surface area contributed by atoms with E-state index in [1.807, 2.05) is 73.7 Å². The lowest BCUT2D eigenvalue weighted by Gasteiger charge is -2.16. The average molecular weight is 373 g/mol. The third kappa shape index (κ3) is 5.20. The van der Waals surface area contributed by atoms with Crippen molar-refractivity contribution in [2.75, 3.05) is 17.2 Å². The van der Waals surface area contributed by atoms with Crippen LogP contribution in [-0.2, 0) is 4.79 Å². The van der Waals surface area contributed by atoms with E-state index >= 15 is 0 Å². The van der Waals surface area contributed by atoms with Gasteiger partial charge in [0.2, 0.25) is 5.91 Å². The summed E-state index contributed by atoms with van der Waals surface area (Å²) >= 11 is 0. The number of rotatable bonds is 7. The van der Waals surface area contributed by atoms with E-state index in [2.05, 4.69) is 16.0 Å². The molecule has 1 atom stereocenters. The van der Waals surface area contributed by atoms with Crippen molar-refractivity contribution >= 4 is 23.2 Å². The molecule has 0 saturated carbocycles. The van der Waals surface area contributed by atoms with Gasteiger partial charge in [-0.05, 0) is 36.8 Å². The molecule has 0 aliphatic heterocycles. The highest BCUT2D eigenvalue weighted by Crippen LogP contribution is 2.17. The van der Waals surface area contributed by atoms with Crippen LogP contribution in [0.15, 0.2) is 84.9 Å². The van der Waals surface area contributed by atoms with Crippen molar-refractivity contribution in [3.05, 3.63) is 96.1 Å². The Bertz CT molecular complexity index is 927. The molecule has 0 bridgehead atoms. The smallest absolute Gasteiger partial charge is 0.257 e. The summed E-state index contributed by atoms with van der Waals surface area (Å²) in [5.41, 5.74) is 2.85. The van der Waals surface area contributed by atoms with E-state index in [1.165, 1.54) is 0 Å². The van der Waals surface area contributed by atoms with Crippen LogP contribution >= 0.6 is 0 Å². The Morgan fingerprint density at radius 3 is 2.14 bits per heavy atom. The molecule has 142 valence electrons. The van der Waals surface area contributed by atoms with Crippen LogP contribution in [0.5, 0.6) is 0 Å². The highest BCUT2D eigenvalue weighted by atomic mass is 16.2. The van der Waals surface area contributed by atoms with E-state index < -0.39 is 0 Å². The normalized spacial score (nSPS) is 11.3. The van der Waals surface area contributed by atoms with Crippen molar-refractivity contribution in [1.29, 1.82) is 0 Å². The van der Waals surface area contributed by atoms with Crippen LogP contribution in [0.3, 0.4) is 0 Å². The first-order valence-corrected chi connectivity index (χ1v) is 9.17. The molecule has 5 nitrogen and oxygen atoms in total. The molecule has 0 aromatic heterocycles. The summed E-state index contributed by atoms with van der Waals surface area (Å²) < 4.78 is 0. The fourth-order valence-corrected chi connectivity index (χ4v) is 2.85. The van der Waals surface area contributed by atoms with Gasteiger partial charge < -0.3 is 16.0 Å². The molecular weight excluding hydrogens is 350 g/mol. The van der Waals surface area contributed by atoms with Crippen LogP contribution < -0.4 is 16.0 Å². The molecule has 3 rings (SSSR count). The predicted octanol–water partition coefficient (Wildman–Crippen LogP) is 4.23. The van der Waals surface area contributed by atoms with Crippen LogP contribution in [0, 0.1) is 0 Å². The third-order valence-electron chi connectivity index (χ3n) is 4.32. The number of nitrogens with one attached hydrogen (secondary N) is 3. The molecule has 3 N–H and O–H groups in total. The van der Waals surface area contributed by atoms with Gasteiger partial charge in [-0.3, -0.25) is 9.59 Å². The van der Waals surface area contributed by atoms with Crippen molar-refractivity contribution in [2.45, 2.75) is 13.0 Å². The summed E-state index contributed by atoms with van der Waals surface area (Å²) in [5.74, 6) is -0.373. The number of amides is 2. The standard InChI is InChI=1S/C23H23N3O2/c1-17(18-10-4-2-5-11-18)25-22(27)16-24-21-15-9-8-14-20(21)23(28)26-19-12-6-3-7-13-19/h2-15,17,24H,16H2,1H3,(H,25,27)(H,26,28)/t17-/m1/s1. The van der Waals surface area contributed by atoms with Gasteiger partial charge in [0, 0.05) is 11.4 Å². The SMILES string of the molecule is C[C@@H](NC(=O)CNc1ccccc1C(=O)Nc1ccccc1)c1ccccc1. The third-order valence-corrected chi connectivity index (χ3v) is 4.32. The highest BCUT2D eigenvalue weighted by molar-refractivity contribution is 6.08. The quantitative estimate of drug-likeness (QED) is 0.580. The molecular formula is C23H23N3O2. The molecule has 0 radical (unpaired) electrons. The number of carbonyl (C=O) groups is 2. The van der Waals surface area contributed by atoms with Crippen LogP contribution in [0.4, 0.5) is 11.4 Å². The van der Waals surface area contributed by atoms with E-state index in [4.69, 9.17) is 0 Å². The van der Waals surface area contributed by atoms with E-state index in [0.29, 0.717) is 11.3 Å². The second-order valence-electron chi connectivity index (χ2n) is 6.42. The highest BCUT2D eigenvalue weighted by Gasteiger charge is 2.13. The maximum atomic E-state index is 12.6. The van der Waals surface area contributed by atoms with Gasteiger partial charge in [-0.25, -0.2) is 0 Å². The minimum absolute atomic E-state index is 0.0762. The number of hydrogen-bond acceptors (Lipinski definition) is 3. The zero-order chi connectivity index (χ0) is 19.8. The maximum Gasteiger partial charge on any atom is 0.257 e. The number of anilines is 2. The van der Waals surface area contributed by atoms with Crippen LogP contribution in [-0.4, -0.2) is 18.4 Å². The van der Waals surface area contributed by atoms with Gasteiger partial charge in [-0.15, -0.1) is 0 Å². The van der Waals surface area contributed by atoms with Gasteiger partial charge in [-0.1, -0.05) is 60.7 Å². The van der Waals surface area contributed by atoms with Crippen molar-refractivity contribution in [1.82, 2.24) is 5.32 Å². The lowest BCUT2D eigenvalue weighted by molar-refractivity contribution is -0.120. The number of hydrogen-bond donors (Lipinski definition) is 3. The summed E-state index contributed by atoms with van der Waals surface area (Å²) in [6.45, 7) is 2.02. The maximum absolute atomic E-state index is 12.6. The van der Waals surface area contributed by atoms with Gasteiger partial charge >= 0.3 is 0 Å². The Morgan fingerprint density at radius 2 is 1.43 bits per heavy atom. The average Bonchev–Trinajstić information content (AvgIpc) is 2.74. The molecule has 2 amide bonds. The van der Waals surface area contributed by atoms with Crippen molar-refractivity contribution < 1.29 is 9.59 Å².